The average Bonchev–Trinajstić information content (AvgIpc) is 2.48. The highest BCUT2D eigenvalue weighted by Gasteiger charge is 2.08. The van der Waals surface area contributed by atoms with E-state index in [-0.39, 0.29) is 0 Å². The van der Waals surface area contributed by atoms with Crippen LogP contribution in [-0.4, -0.2) is 19.8 Å². The van der Waals surface area contributed by atoms with Gasteiger partial charge in [-0.25, -0.2) is 0 Å². The molecule has 5 nitrogen and oxygen atoms in total. The van der Waals surface area contributed by atoms with E-state index in [2.05, 4.69) is 31.2 Å². The van der Waals surface area contributed by atoms with E-state index in [9.17, 15) is 0 Å². The van der Waals surface area contributed by atoms with Gasteiger partial charge in [0.05, 0.1) is 15.9 Å². The highest BCUT2D eigenvalue weighted by atomic mass is 79.9. The molecule has 12 heavy (non-hydrogen) atoms. The van der Waals surface area contributed by atoms with Crippen molar-refractivity contribution in [1.82, 2.24) is 19.8 Å². The third-order valence-electron chi connectivity index (χ3n) is 1.58. The van der Waals surface area contributed by atoms with Crippen LogP contribution in [0, 0.1) is 6.92 Å². The van der Waals surface area contributed by atoms with Crippen LogP contribution in [0.25, 0.3) is 5.65 Å². The minimum absolute atomic E-state index is 0.569. The Bertz CT molecular complexity index is 435. The zero-order valence-electron chi connectivity index (χ0n) is 6.32. The molecule has 0 radical (unpaired) electrons. The van der Waals surface area contributed by atoms with E-state index in [0.29, 0.717) is 11.3 Å². The fraction of sp³-hybridized carbons (Fsp3) is 0.167. The summed E-state index contributed by atoms with van der Waals surface area (Å²) >= 11 is 3.32. The second-order valence-corrected chi connectivity index (χ2v) is 3.21. The normalized spacial score (nSPS) is 10.8. The number of nitrogen functional groups attached to an aromatic ring is 1. The topological polar surface area (TPSA) is 69.1 Å². The SMILES string of the molecule is Cc1nn2cnnc2c(N)c1Br. The minimum atomic E-state index is 0.569. The fourth-order valence-electron chi connectivity index (χ4n) is 0.979. The molecule has 0 unspecified atom stereocenters. The summed E-state index contributed by atoms with van der Waals surface area (Å²) in [5, 5.41) is 11.7. The molecule has 0 aliphatic heterocycles. The number of rotatable bonds is 0. The molecule has 0 atom stereocenters. The van der Waals surface area contributed by atoms with Crippen molar-refractivity contribution in [3.05, 3.63) is 16.5 Å². The van der Waals surface area contributed by atoms with Crippen molar-refractivity contribution in [3.63, 3.8) is 0 Å². The molecular weight excluding hydrogens is 222 g/mol. The third kappa shape index (κ3) is 0.878. The Hall–Kier alpha value is -1.17. The van der Waals surface area contributed by atoms with E-state index in [1.54, 1.807) is 4.52 Å². The molecule has 2 aromatic rings. The summed E-state index contributed by atoms with van der Waals surface area (Å²) in [6.07, 6.45) is 1.52. The number of fused-ring (bicyclic) bond motifs is 1. The number of aromatic nitrogens is 4. The second kappa shape index (κ2) is 2.41. The molecule has 0 saturated carbocycles. The molecule has 2 rings (SSSR count). The van der Waals surface area contributed by atoms with Gasteiger partial charge in [0.15, 0.2) is 0 Å². The van der Waals surface area contributed by atoms with Gasteiger partial charge in [0.1, 0.15) is 6.33 Å². The maximum atomic E-state index is 5.75. The van der Waals surface area contributed by atoms with Crippen LogP contribution in [0.5, 0.6) is 0 Å². The maximum absolute atomic E-state index is 5.75. The molecule has 0 saturated heterocycles. The lowest BCUT2D eigenvalue weighted by molar-refractivity contribution is 0.890. The lowest BCUT2D eigenvalue weighted by Gasteiger charge is -2.01. The maximum Gasteiger partial charge on any atom is 0.201 e. The van der Waals surface area contributed by atoms with Gasteiger partial charge >= 0.3 is 0 Å². The zero-order chi connectivity index (χ0) is 8.72. The van der Waals surface area contributed by atoms with Crippen LogP contribution in [-0.2, 0) is 0 Å². The highest BCUT2D eigenvalue weighted by molar-refractivity contribution is 9.10. The summed E-state index contributed by atoms with van der Waals surface area (Å²) in [5.74, 6) is 0. The number of halogens is 1. The lowest BCUT2D eigenvalue weighted by atomic mass is 10.4. The monoisotopic (exact) mass is 227 g/mol. The van der Waals surface area contributed by atoms with Crippen molar-refractivity contribution >= 4 is 27.3 Å². The number of anilines is 1. The van der Waals surface area contributed by atoms with Gasteiger partial charge in [-0.05, 0) is 22.9 Å². The molecule has 0 amide bonds. The first-order valence-electron chi connectivity index (χ1n) is 3.31. The molecule has 0 spiro atoms. The Morgan fingerprint density at radius 3 is 3.08 bits per heavy atom. The second-order valence-electron chi connectivity index (χ2n) is 2.41. The van der Waals surface area contributed by atoms with Gasteiger partial charge in [-0.1, -0.05) is 0 Å². The summed E-state index contributed by atoms with van der Waals surface area (Å²) in [7, 11) is 0. The van der Waals surface area contributed by atoms with Gasteiger partial charge in [-0.2, -0.15) is 9.61 Å². The summed E-state index contributed by atoms with van der Waals surface area (Å²) < 4.78 is 2.33. The van der Waals surface area contributed by atoms with Crippen molar-refractivity contribution < 1.29 is 0 Å². The van der Waals surface area contributed by atoms with Crippen LogP contribution in [0.15, 0.2) is 10.8 Å². The number of nitrogens with two attached hydrogens (primary N) is 1. The Labute approximate surface area is 76.7 Å². The molecule has 62 valence electrons. The van der Waals surface area contributed by atoms with Gasteiger partial charge in [-0.15, -0.1) is 10.2 Å². The van der Waals surface area contributed by atoms with Crippen LogP contribution >= 0.6 is 15.9 Å². The standard InChI is InChI=1S/C6H6BrN5/c1-3-4(7)5(8)6-10-9-2-12(6)11-3/h2H,8H2,1H3. The van der Waals surface area contributed by atoms with E-state index in [0.717, 1.165) is 10.2 Å². The van der Waals surface area contributed by atoms with Gasteiger partial charge < -0.3 is 5.73 Å². The fourth-order valence-corrected chi connectivity index (χ4v) is 1.24. The van der Waals surface area contributed by atoms with E-state index in [1.807, 2.05) is 6.92 Å². The first kappa shape index (κ1) is 7.48. The summed E-state index contributed by atoms with van der Waals surface area (Å²) in [6, 6.07) is 0. The summed E-state index contributed by atoms with van der Waals surface area (Å²) in [5.41, 5.74) is 7.72. The van der Waals surface area contributed by atoms with Gasteiger partial charge in [0.25, 0.3) is 0 Å². The smallest absolute Gasteiger partial charge is 0.201 e. The van der Waals surface area contributed by atoms with Crippen molar-refractivity contribution in [3.8, 4) is 0 Å². The van der Waals surface area contributed by atoms with Crippen LogP contribution < -0.4 is 5.73 Å². The minimum Gasteiger partial charge on any atom is -0.395 e. The van der Waals surface area contributed by atoms with Gasteiger partial charge in [0.2, 0.25) is 5.65 Å². The molecule has 0 fully saturated rings. The Morgan fingerprint density at radius 1 is 1.58 bits per heavy atom. The van der Waals surface area contributed by atoms with Crippen molar-refractivity contribution in [2.24, 2.45) is 0 Å². The number of aryl methyl sites for hydroxylation is 1. The number of hydrogen-bond donors (Lipinski definition) is 1. The molecular formula is C6H6BrN5. The van der Waals surface area contributed by atoms with E-state index < -0.39 is 0 Å². The van der Waals surface area contributed by atoms with E-state index in [4.69, 9.17) is 5.73 Å². The van der Waals surface area contributed by atoms with Gasteiger partial charge in [0, 0.05) is 0 Å². The highest BCUT2D eigenvalue weighted by Crippen LogP contribution is 2.24. The first-order valence-corrected chi connectivity index (χ1v) is 4.11. The first-order chi connectivity index (χ1) is 5.70. The van der Waals surface area contributed by atoms with Crippen LogP contribution in [0.2, 0.25) is 0 Å². The van der Waals surface area contributed by atoms with Crippen molar-refractivity contribution in [2.75, 3.05) is 5.73 Å². The number of hydrogen-bond acceptors (Lipinski definition) is 4. The van der Waals surface area contributed by atoms with Crippen molar-refractivity contribution in [1.29, 1.82) is 0 Å². The lowest BCUT2D eigenvalue weighted by Crippen LogP contribution is -2.00. The quantitative estimate of drug-likeness (QED) is 0.723. The van der Waals surface area contributed by atoms with E-state index in [1.165, 1.54) is 6.33 Å². The van der Waals surface area contributed by atoms with Crippen LogP contribution in [0.1, 0.15) is 5.69 Å². The molecule has 0 aliphatic carbocycles. The number of nitrogens with zero attached hydrogens (tertiary/aromatic N) is 4. The Balaban J connectivity index is 2.94. The Kier molecular flexibility index (Phi) is 1.50. The predicted molar refractivity (Wildman–Crippen MR) is 47.6 cm³/mol. The molecule has 2 N–H and O–H groups in total. The largest absolute Gasteiger partial charge is 0.395 e. The molecule has 2 heterocycles. The van der Waals surface area contributed by atoms with Crippen LogP contribution in [0.3, 0.4) is 0 Å². The van der Waals surface area contributed by atoms with Gasteiger partial charge in [-0.3, -0.25) is 0 Å². The average molecular weight is 228 g/mol. The summed E-state index contributed by atoms with van der Waals surface area (Å²) in [4.78, 5) is 0. The van der Waals surface area contributed by atoms with Crippen molar-refractivity contribution in [2.45, 2.75) is 6.92 Å². The molecule has 0 aliphatic rings. The summed E-state index contributed by atoms with van der Waals surface area (Å²) in [6.45, 7) is 1.86. The molecule has 2 aromatic heterocycles. The molecule has 0 aromatic carbocycles. The van der Waals surface area contributed by atoms with Crippen LogP contribution in [0.4, 0.5) is 5.69 Å². The predicted octanol–water partition coefficient (Wildman–Crippen LogP) is 0.777. The Morgan fingerprint density at radius 2 is 2.33 bits per heavy atom. The molecule has 6 heteroatoms. The zero-order valence-corrected chi connectivity index (χ0v) is 7.91. The molecule has 0 bridgehead atoms. The van der Waals surface area contributed by atoms with E-state index >= 15 is 0 Å². The third-order valence-corrected chi connectivity index (χ3v) is 2.58.